The molecule has 20 heavy (non-hydrogen) atoms. The molecule has 0 aliphatic carbocycles. The third-order valence-electron chi connectivity index (χ3n) is 4.25. The van der Waals surface area contributed by atoms with Crippen molar-refractivity contribution in [3.8, 4) is 0 Å². The minimum Gasteiger partial charge on any atom is -0.343 e. The van der Waals surface area contributed by atoms with E-state index in [4.69, 9.17) is 0 Å². The number of urea groups is 1. The summed E-state index contributed by atoms with van der Waals surface area (Å²) < 4.78 is 0. The normalized spacial score (nSPS) is 24.5. The van der Waals surface area contributed by atoms with E-state index < -0.39 is 0 Å². The van der Waals surface area contributed by atoms with Crippen LogP contribution >= 0.6 is 0 Å². The minimum atomic E-state index is -0.388. The van der Waals surface area contributed by atoms with Gasteiger partial charge in [0, 0.05) is 26.1 Å². The highest BCUT2D eigenvalue weighted by Crippen LogP contribution is 2.17. The molecule has 2 heterocycles. The Morgan fingerprint density at radius 1 is 1.30 bits per heavy atom. The van der Waals surface area contributed by atoms with Crippen LogP contribution in [0, 0.1) is 5.92 Å². The van der Waals surface area contributed by atoms with Crippen LogP contribution in [0.25, 0.3) is 0 Å². The van der Waals surface area contributed by atoms with Gasteiger partial charge in [0.25, 0.3) is 5.91 Å². The highest BCUT2D eigenvalue weighted by molar-refractivity contribution is 6.04. The number of rotatable bonds is 6. The molecule has 1 N–H and O–H groups in total. The van der Waals surface area contributed by atoms with Gasteiger partial charge in [-0.1, -0.05) is 20.3 Å². The molecule has 112 valence electrons. The molecule has 2 saturated heterocycles. The van der Waals surface area contributed by atoms with Crippen molar-refractivity contribution in [1.82, 2.24) is 15.1 Å². The van der Waals surface area contributed by atoms with Crippen LogP contribution in [0.4, 0.5) is 4.79 Å². The summed E-state index contributed by atoms with van der Waals surface area (Å²) in [5.74, 6) is 0.202. The fourth-order valence-corrected chi connectivity index (χ4v) is 2.73. The lowest BCUT2D eigenvalue weighted by Crippen LogP contribution is -2.36. The van der Waals surface area contributed by atoms with E-state index in [1.807, 2.05) is 18.7 Å². The average Bonchev–Trinajstić information content (AvgIpc) is 2.95. The van der Waals surface area contributed by atoms with Crippen molar-refractivity contribution in [1.29, 1.82) is 0 Å². The van der Waals surface area contributed by atoms with Crippen molar-refractivity contribution in [2.24, 2.45) is 5.92 Å². The van der Waals surface area contributed by atoms with Gasteiger partial charge in [-0.2, -0.15) is 0 Å². The molecule has 6 heteroatoms. The molecule has 2 fully saturated rings. The molecule has 0 saturated carbocycles. The number of hydrogen-bond donors (Lipinski definition) is 1. The zero-order valence-electron chi connectivity index (χ0n) is 12.2. The van der Waals surface area contributed by atoms with Crippen molar-refractivity contribution in [3.05, 3.63) is 0 Å². The molecule has 2 aliphatic heterocycles. The Labute approximate surface area is 119 Å². The van der Waals surface area contributed by atoms with Gasteiger partial charge < -0.3 is 10.2 Å². The van der Waals surface area contributed by atoms with Gasteiger partial charge in [0.1, 0.15) is 6.04 Å². The standard InChI is InChI=1S/C14H23N3O3/c1-3-10(2)12-13(19)17(14(20)15-12)9-5-8-16-7-4-6-11(16)18/h10,12H,3-9H2,1-2H3,(H,15,20)/t10-,12-/m1/s1. The Morgan fingerprint density at radius 2 is 2.05 bits per heavy atom. The largest absolute Gasteiger partial charge is 0.343 e. The lowest BCUT2D eigenvalue weighted by atomic mass is 9.99. The third-order valence-corrected chi connectivity index (χ3v) is 4.25. The fourth-order valence-electron chi connectivity index (χ4n) is 2.73. The first-order valence-corrected chi connectivity index (χ1v) is 7.44. The van der Waals surface area contributed by atoms with Crippen molar-refractivity contribution >= 4 is 17.8 Å². The molecule has 0 unspecified atom stereocenters. The van der Waals surface area contributed by atoms with E-state index in [0.717, 1.165) is 19.4 Å². The highest BCUT2D eigenvalue weighted by atomic mass is 16.2. The zero-order chi connectivity index (χ0) is 14.7. The van der Waals surface area contributed by atoms with Gasteiger partial charge >= 0.3 is 6.03 Å². The Hall–Kier alpha value is -1.59. The van der Waals surface area contributed by atoms with Gasteiger partial charge in [0.2, 0.25) is 5.91 Å². The summed E-state index contributed by atoms with van der Waals surface area (Å²) >= 11 is 0. The van der Waals surface area contributed by atoms with Gasteiger partial charge in [0.05, 0.1) is 0 Å². The Balaban J connectivity index is 1.82. The zero-order valence-corrected chi connectivity index (χ0v) is 12.2. The van der Waals surface area contributed by atoms with E-state index >= 15 is 0 Å². The summed E-state index contributed by atoms with van der Waals surface area (Å²) in [5.41, 5.74) is 0. The Bertz CT molecular complexity index is 410. The van der Waals surface area contributed by atoms with Gasteiger partial charge in [-0.25, -0.2) is 4.79 Å². The van der Waals surface area contributed by atoms with Gasteiger partial charge in [-0.05, 0) is 18.8 Å². The summed E-state index contributed by atoms with van der Waals surface area (Å²) in [6, 6.07) is -0.686. The second-order valence-electron chi connectivity index (χ2n) is 5.64. The predicted octanol–water partition coefficient (Wildman–Crippen LogP) is 0.965. The summed E-state index contributed by atoms with van der Waals surface area (Å²) in [7, 11) is 0. The predicted molar refractivity (Wildman–Crippen MR) is 73.9 cm³/mol. The minimum absolute atomic E-state index is 0.128. The maximum absolute atomic E-state index is 12.2. The van der Waals surface area contributed by atoms with E-state index in [9.17, 15) is 14.4 Å². The molecule has 0 radical (unpaired) electrons. The molecule has 4 amide bonds. The number of likely N-dealkylation sites (tertiary alicyclic amines) is 1. The molecular weight excluding hydrogens is 258 g/mol. The molecule has 0 aromatic rings. The summed E-state index contributed by atoms with van der Waals surface area (Å²) in [6.07, 6.45) is 3.04. The molecule has 2 aliphatic rings. The first-order chi connectivity index (χ1) is 9.54. The van der Waals surface area contributed by atoms with Crippen molar-refractivity contribution in [3.63, 3.8) is 0 Å². The van der Waals surface area contributed by atoms with Crippen molar-refractivity contribution in [2.45, 2.75) is 45.6 Å². The number of amides is 4. The van der Waals surface area contributed by atoms with Gasteiger partial charge in [-0.15, -0.1) is 0 Å². The van der Waals surface area contributed by atoms with Crippen LogP contribution in [0.1, 0.15) is 39.5 Å². The average molecular weight is 281 g/mol. The quantitative estimate of drug-likeness (QED) is 0.737. The van der Waals surface area contributed by atoms with Crippen LogP contribution in [0.15, 0.2) is 0 Å². The lowest BCUT2D eigenvalue weighted by molar-refractivity contribution is -0.128. The summed E-state index contributed by atoms with van der Waals surface area (Å²) in [4.78, 5) is 38.6. The maximum Gasteiger partial charge on any atom is 0.324 e. The first-order valence-electron chi connectivity index (χ1n) is 7.44. The third kappa shape index (κ3) is 2.94. The molecule has 2 rings (SSSR count). The van der Waals surface area contributed by atoms with E-state index in [1.54, 1.807) is 0 Å². The number of carbonyl (C=O) groups is 3. The molecule has 6 nitrogen and oxygen atoms in total. The topological polar surface area (TPSA) is 69.7 Å². The Kier molecular flexibility index (Phi) is 4.62. The van der Waals surface area contributed by atoms with Crippen LogP contribution < -0.4 is 5.32 Å². The molecule has 2 atom stereocenters. The highest BCUT2D eigenvalue weighted by Gasteiger charge is 2.39. The fraction of sp³-hybridized carbons (Fsp3) is 0.786. The van der Waals surface area contributed by atoms with Crippen LogP contribution in [-0.4, -0.2) is 53.3 Å². The second-order valence-corrected chi connectivity index (χ2v) is 5.64. The Morgan fingerprint density at radius 3 is 2.65 bits per heavy atom. The van der Waals surface area contributed by atoms with Crippen molar-refractivity contribution in [2.75, 3.05) is 19.6 Å². The first kappa shape index (κ1) is 14.8. The molecular formula is C14H23N3O3. The summed E-state index contributed by atoms with van der Waals surface area (Å²) in [5, 5.41) is 2.75. The monoisotopic (exact) mass is 281 g/mol. The maximum atomic E-state index is 12.2. The second kappa shape index (κ2) is 6.24. The van der Waals surface area contributed by atoms with Gasteiger partial charge in [-0.3, -0.25) is 14.5 Å². The van der Waals surface area contributed by atoms with Crippen LogP contribution in [0.3, 0.4) is 0 Å². The number of carbonyl (C=O) groups excluding carboxylic acids is 3. The van der Waals surface area contributed by atoms with E-state index in [-0.39, 0.29) is 29.8 Å². The smallest absolute Gasteiger partial charge is 0.324 e. The SMILES string of the molecule is CC[C@@H](C)[C@H]1NC(=O)N(CCCN2CCCC2=O)C1=O. The van der Waals surface area contributed by atoms with Crippen LogP contribution in [0.5, 0.6) is 0 Å². The number of imide groups is 1. The number of nitrogens with one attached hydrogen (secondary N) is 1. The van der Waals surface area contributed by atoms with E-state index in [0.29, 0.717) is 25.9 Å². The van der Waals surface area contributed by atoms with Crippen molar-refractivity contribution < 1.29 is 14.4 Å². The molecule has 0 bridgehead atoms. The number of hydrogen-bond acceptors (Lipinski definition) is 3. The van der Waals surface area contributed by atoms with Gasteiger partial charge in [0.15, 0.2) is 0 Å². The van der Waals surface area contributed by atoms with E-state index in [1.165, 1.54) is 4.90 Å². The van der Waals surface area contributed by atoms with Crippen LogP contribution in [-0.2, 0) is 9.59 Å². The molecule has 0 aromatic carbocycles. The number of nitrogens with zero attached hydrogens (tertiary/aromatic N) is 2. The molecule has 0 aromatic heterocycles. The van der Waals surface area contributed by atoms with Crippen LogP contribution in [0.2, 0.25) is 0 Å². The molecule has 0 spiro atoms. The lowest BCUT2D eigenvalue weighted by Gasteiger charge is -2.18. The summed E-state index contributed by atoms with van der Waals surface area (Å²) in [6.45, 7) is 5.79. The van der Waals surface area contributed by atoms with E-state index in [2.05, 4.69) is 5.32 Å².